The van der Waals surface area contributed by atoms with Gasteiger partial charge in [-0.1, -0.05) is 51.1 Å². The predicted octanol–water partition coefficient (Wildman–Crippen LogP) is 5.77. The van der Waals surface area contributed by atoms with Gasteiger partial charge < -0.3 is 10.6 Å². The Morgan fingerprint density at radius 2 is 1.72 bits per heavy atom. The average molecular weight is 386 g/mol. The van der Waals surface area contributed by atoms with Crippen LogP contribution in [-0.4, -0.2) is 17.4 Å². The molecule has 1 heterocycles. The fourth-order valence-corrected chi connectivity index (χ4v) is 2.69. The molecule has 0 spiro atoms. The summed E-state index contributed by atoms with van der Waals surface area (Å²) in [6.45, 7) is 6.93. The first-order valence-electron chi connectivity index (χ1n) is 9.74. The second-order valence-electron chi connectivity index (χ2n) is 8.16. The van der Waals surface area contributed by atoms with Gasteiger partial charge in [0.1, 0.15) is 0 Å². The van der Waals surface area contributed by atoms with Gasteiger partial charge in [-0.05, 0) is 59.5 Å². The van der Waals surface area contributed by atoms with Crippen molar-refractivity contribution in [1.82, 2.24) is 10.3 Å². The second kappa shape index (κ2) is 9.20. The van der Waals surface area contributed by atoms with Crippen molar-refractivity contribution < 1.29 is 4.79 Å². The van der Waals surface area contributed by atoms with Crippen molar-refractivity contribution in [3.05, 3.63) is 89.7 Å². The number of pyridine rings is 1. The molecule has 1 amide bonds. The molecule has 0 atom stereocenters. The van der Waals surface area contributed by atoms with Crippen molar-refractivity contribution in [2.24, 2.45) is 5.41 Å². The van der Waals surface area contributed by atoms with Crippen LogP contribution in [0.2, 0.25) is 0 Å². The summed E-state index contributed by atoms with van der Waals surface area (Å²) in [5.74, 6) is -0.0569. The summed E-state index contributed by atoms with van der Waals surface area (Å²) in [4.78, 5) is 16.7. The molecular weight excluding hydrogens is 358 g/mol. The molecule has 0 aliphatic carbocycles. The molecule has 1 aromatic heterocycles. The van der Waals surface area contributed by atoms with Gasteiger partial charge in [-0.15, -0.1) is 0 Å². The summed E-state index contributed by atoms with van der Waals surface area (Å²) in [7, 11) is 0. The van der Waals surface area contributed by atoms with Crippen LogP contribution in [0.4, 0.5) is 11.4 Å². The van der Waals surface area contributed by atoms with E-state index in [1.54, 1.807) is 6.20 Å². The molecule has 3 aromatic rings. The Morgan fingerprint density at radius 3 is 2.41 bits per heavy atom. The zero-order chi connectivity index (χ0) is 20.7. The number of hydrogen-bond donors (Lipinski definition) is 2. The van der Waals surface area contributed by atoms with Crippen LogP contribution in [0.25, 0.3) is 12.2 Å². The third kappa shape index (κ3) is 6.61. The zero-order valence-corrected chi connectivity index (χ0v) is 17.1. The number of nitrogens with one attached hydrogen (secondary N) is 2. The lowest BCUT2D eigenvalue weighted by Crippen LogP contribution is -2.32. The Labute approximate surface area is 172 Å². The molecule has 148 valence electrons. The molecule has 0 aliphatic heterocycles. The highest BCUT2D eigenvalue weighted by Crippen LogP contribution is 2.19. The minimum Gasteiger partial charge on any atom is -0.356 e. The normalized spacial score (nSPS) is 11.4. The van der Waals surface area contributed by atoms with E-state index in [0.29, 0.717) is 12.1 Å². The maximum absolute atomic E-state index is 12.4. The van der Waals surface area contributed by atoms with Gasteiger partial charge in [-0.3, -0.25) is 9.78 Å². The first kappa shape index (κ1) is 20.3. The number of benzene rings is 2. The van der Waals surface area contributed by atoms with Gasteiger partial charge >= 0.3 is 0 Å². The molecule has 0 fully saturated rings. The summed E-state index contributed by atoms with van der Waals surface area (Å²) in [5, 5.41) is 6.34. The van der Waals surface area contributed by atoms with Gasteiger partial charge in [-0.2, -0.15) is 0 Å². The van der Waals surface area contributed by atoms with Crippen molar-refractivity contribution >= 4 is 29.4 Å². The molecule has 2 aromatic carbocycles. The number of nitrogens with zero attached hydrogens (tertiary/aromatic N) is 1. The highest BCUT2D eigenvalue weighted by atomic mass is 16.1. The number of hydrogen-bond acceptors (Lipinski definition) is 3. The first-order chi connectivity index (χ1) is 13.9. The summed E-state index contributed by atoms with van der Waals surface area (Å²) < 4.78 is 0. The number of anilines is 2. The second-order valence-corrected chi connectivity index (χ2v) is 8.16. The largest absolute Gasteiger partial charge is 0.356 e. The molecule has 2 N–H and O–H groups in total. The Bertz CT molecular complexity index is 971. The van der Waals surface area contributed by atoms with Crippen LogP contribution in [0.1, 0.15) is 42.4 Å². The molecule has 3 rings (SSSR count). The summed E-state index contributed by atoms with van der Waals surface area (Å²) >= 11 is 0. The fraction of sp³-hybridized carbons (Fsp3) is 0.200. The lowest BCUT2D eigenvalue weighted by atomic mass is 9.97. The highest BCUT2D eigenvalue weighted by Gasteiger charge is 2.13. The smallest absolute Gasteiger partial charge is 0.251 e. The Morgan fingerprint density at radius 1 is 0.931 bits per heavy atom. The van der Waals surface area contributed by atoms with Gasteiger partial charge in [0.05, 0.1) is 5.69 Å². The van der Waals surface area contributed by atoms with Crippen molar-refractivity contribution in [1.29, 1.82) is 0 Å². The summed E-state index contributed by atoms with van der Waals surface area (Å²) in [5.41, 5.74) is 4.57. The molecule has 4 nitrogen and oxygen atoms in total. The van der Waals surface area contributed by atoms with E-state index in [9.17, 15) is 4.79 Å². The molecular formula is C25H27N3O. The van der Waals surface area contributed by atoms with E-state index in [-0.39, 0.29) is 11.3 Å². The average Bonchev–Trinajstić information content (AvgIpc) is 2.72. The standard InChI is InChI=1S/C25H27N3O/c1-25(2,3)18-27-24(29)20-7-6-9-23(17-20)28-22-14-11-19(12-15-22)10-13-21-8-4-5-16-26-21/h4-17,28H,18H2,1-3H3,(H,27,29)/b13-10+. The van der Waals surface area contributed by atoms with E-state index >= 15 is 0 Å². The van der Waals surface area contributed by atoms with Crippen molar-refractivity contribution in [2.45, 2.75) is 20.8 Å². The first-order valence-corrected chi connectivity index (χ1v) is 9.74. The molecule has 0 saturated carbocycles. The maximum atomic E-state index is 12.4. The molecule has 4 heteroatoms. The van der Waals surface area contributed by atoms with E-state index in [4.69, 9.17) is 0 Å². The molecule has 0 unspecified atom stereocenters. The number of amides is 1. The zero-order valence-electron chi connectivity index (χ0n) is 17.1. The monoisotopic (exact) mass is 385 g/mol. The Balaban J connectivity index is 1.63. The molecule has 0 radical (unpaired) electrons. The van der Waals surface area contributed by atoms with Crippen LogP contribution in [0.5, 0.6) is 0 Å². The van der Waals surface area contributed by atoms with Crippen molar-refractivity contribution in [3.63, 3.8) is 0 Å². The summed E-state index contributed by atoms with van der Waals surface area (Å²) in [6, 6.07) is 21.5. The topological polar surface area (TPSA) is 54.0 Å². The number of aromatic nitrogens is 1. The van der Waals surface area contributed by atoms with Crippen LogP contribution in [-0.2, 0) is 0 Å². The number of carbonyl (C=O) groups excluding carboxylic acids is 1. The summed E-state index contributed by atoms with van der Waals surface area (Å²) in [6.07, 6.45) is 5.80. The van der Waals surface area contributed by atoms with Crippen LogP contribution < -0.4 is 10.6 Å². The van der Waals surface area contributed by atoms with E-state index in [1.807, 2.05) is 78.9 Å². The van der Waals surface area contributed by atoms with Crippen LogP contribution in [0.3, 0.4) is 0 Å². The van der Waals surface area contributed by atoms with Crippen LogP contribution in [0, 0.1) is 5.41 Å². The van der Waals surface area contributed by atoms with Gasteiger partial charge in [0.2, 0.25) is 0 Å². The lowest BCUT2D eigenvalue weighted by molar-refractivity contribution is 0.0939. The molecule has 0 aliphatic rings. The van der Waals surface area contributed by atoms with Crippen molar-refractivity contribution in [3.8, 4) is 0 Å². The molecule has 0 bridgehead atoms. The highest BCUT2D eigenvalue weighted by molar-refractivity contribution is 5.95. The third-order valence-electron chi connectivity index (χ3n) is 4.24. The van der Waals surface area contributed by atoms with Gasteiger partial charge in [0.25, 0.3) is 5.91 Å². The van der Waals surface area contributed by atoms with Crippen LogP contribution >= 0.6 is 0 Å². The molecule has 0 saturated heterocycles. The van der Waals surface area contributed by atoms with E-state index in [2.05, 4.69) is 36.4 Å². The van der Waals surface area contributed by atoms with Gasteiger partial charge in [0, 0.05) is 29.7 Å². The third-order valence-corrected chi connectivity index (χ3v) is 4.24. The minimum atomic E-state index is -0.0569. The fourth-order valence-electron chi connectivity index (χ4n) is 2.69. The van der Waals surface area contributed by atoms with Gasteiger partial charge in [0.15, 0.2) is 0 Å². The maximum Gasteiger partial charge on any atom is 0.251 e. The van der Waals surface area contributed by atoms with Crippen molar-refractivity contribution in [2.75, 3.05) is 11.9 Å². The van der Waals surface area contributed by atoms with Gasteiger partial charge in [-0.25, -0.2) is 0 Å². The Kier molecular flexibility index (Phi) is 6.45. The predicted molar refractivity (Wildman–Crippen MR) is 121 cm³/mol. The minimum absolute atomic E-state index is 0.0539. The van der Waals surface area contributed by atoms with E-state index < -0.39 is 0 Å². The Hall–Kier alpha value is -3.40. The van der Waals surface area contributed by atoms with E-state index in [0.717, 1.165) is 22.6 Å². The molecule has 29 heavy (non-hydrogen) atoms. The lowest BCUT2D eigenvalue weighted by Gasteiger charge is -2.18. The number of carbonyl (C=O) groups is 1. The van der Waals surface area contributed by atoms with E-state index in [1.165, 1.54) is 0 Å². The SMILES string of the molecule is CC(C)(C)CNC(=O)c1cccc(Nc2ccc(/C=C/c3ccccn3)cc2)c1. The van der Waals surface area contributed by atoms with Crippen LogP contribution in [0.15, 0.2) is 72.9 Å². The number of rotatable bonds is 6. The quantitative estimate of drug-likeness (QED) is 0.566.